The lowest BCUT2D eigenvalue weighted by Gasteiger charge is -2.19. The number of hydrogen-bond acceptors (Lipinski definition) is 0. The van der Waals surface area contributed by atoms with Crippen LogP contribution in [0.25, 0.3) is 54.9 Å². The minimum Gasteiger partial charge on any atom is -0.0843 e. The molecule has 0 saturated carbocycles. The van der Waals surface area contributed by atoms with Gasteiger partial charge in [0.15, 0.2) is 0 Å². The molecule has 0 atom stereocenters. The average molecular weight is 441 g/mol. The predicted molar refractivity (Wildman–Crippen MR) is 143 cm³/mol. The van der Waals surface area contributed by atoms with Crippen molar-refractivity contribution in [2.24, 2.45) is 0 Å². The van der Waals surface area contributed by atoms with E-state index in [0.29, 0.717) is 0 Å². The van der Waals surface area contributed by atoms with Gasteiger partial charge in [0.1, 0.15) is 0 Å². The molecular weight excluding hydrogens is 420 g/mol. The Kier molecular flexibility index (Phi) is 4.94. The van der Waals surface area contributed by atoms with Crippen LogP contribution < -0.4 is 0 Å². The summed E-state index contributed by atoms with van der Waals surface area (Å²) in [5.74, 6) is 0. The third-order valence-corrected chi connectivity index (χ3v) is 6.54. The lowest BCUT2D eigenvalue weighted by molar-refractivity contribution is 1.60. The van der Waals surface area contributed by atoms with Gasteiger partial charge in [-0.3, -0.25) is 0 Å². The van der Waals surface area contributed by atoms with Crippen LogP contribution in [0.5, 0.6) is 0 Å². The first-order valence-corrected chi connectivity index (χ1v) is 11.5. The molecule has 156 valence electrons. The van der Waals surface area contributed by atoms with Gasteiger partial charge < -0.3 is 0 Å². The van der Waals surface area contributed by atoms with Crippen molar-refractivity contribution in [1.82, 2.24) is 0 Å². The minimum atomic E-state index is 0.749. The first-order chi connectivity index (χ1) is 16.3. The Morgan fingerprint density at radius 3 is 1.42 bits per heavy atom. The van der Waals surface area contributed by atoms with Crippen LogP contribution in [0.2, 0.25) is 5.02 Å². The van der Waals surface area contributed by atoms with Crippen molar-refractivity contribution in [3.05, 3.63) is 132 Å². The van der Waals surface area contributed by atoms with Crippen LogP contribution in [0.3, 0.4) is 0 Å². The summed E-state index contributed by atoms with van der Waals surface area (Å²) < 4.78 is 0. The number of halogens is 1. The molecule has 0 bridgehead atoms. The second-order valence-electron chi connectivity index (χ2n) is 8.30. The molecule has 0 fully saturated rings. The SMILES string of the molecule is Clc1cccc(-c2cccc(-c3c(-c4ccccc4)c4ccccc4c4ccccc34)c2)c1. The van der Waals surface area contributed by atoms with E-state index in [9.17, 15) is 0 Å². The fourth-order valence-electron chi connectivity index (χ4n) is 4.87. The van der Waals surface area contributed by atoms with Gasteiger partial charge in [-0.1, -0.05) is 121 Å². The van der Waals surface area contributed by atoms with Gasteiger partial charge in [-0.05, 0) is 73.1 Å². The number of rotatable bonds is 3. The van der Waals surface area contributed by atoms with E-state index in [1.807, 2.05) is 18.2 Å². The maximum Gasteiger partial charge on any atom is 0.0412 e. The standard InChI is InChI=1S/C32H21Cl/c33-26-15-9-13-24(21-26)23-12-8-14-25(20-23)32-30-19-7-5-17-28(30)27-16-4-6-18-29(27)31(32)22-10-2-1-3-11-22/h1-21H. The van der Waals surface area contributed by atoms with Gasteiger partial charge in [-0.15, -0.1) is 0 Å². The zero-order chi connectivity index (χ0) is 22.2. The van der Waals surface area contributed by atoms with Crippen molar-refractivity contribution in [3.8, 4) is 33.4 Å². The number of hydrogen-bond donors (Lipinski definition) is 0. The molecule has 0 N–H and O–H groups in total. The van der Waals surface area contributed by atoms with Crippen molar-refractivity contribution in [1.29, 1.82) is 0 Å². The largest absolute Gasteiger partial charge is 0.0843 e. The van der Waals surface area contributed by atoms with E-state index in [1.54, 1.807) is 0 Å². The molecule has 0 aromatic heterocycles. The molecular formula is C32H21Cl. The van der Waals surface area contributed by atoms with Gasteiger partial charge in [0, 0.05) is 5.02 Å². The fourth-order valence-corrected chi connectivity index (χ4v) is 5.06. The van der Waals surface area contributed by atoms with Crippen LogP contribution in [-0.4, -0.2) is 0 Å². The quantitative estimate of drug-likeness (QED) is 0.240. The van der Waals surface area contributed by atoms with Crippen molar-refractivity contribution < 1.29 is 0 Å². The molecule has 0 radical (unpaired) electrons. The van der Waals surface area contributed by atoms with E-state index in [4.69, 9.17) is 11.6 Å². The molecule has 0 saturated heterocycles. The highest BCUT2D eigenvalue weighted by Crippen LogP contribution is 2.44. The van der Waals surface area contributed by atoms with Gasteiger partial charge in [-0.2, -0.15) is 0 Å². The van der Waals surface area contributed by atoms with E-state index in [2.05, 4.69) is 109 Å². The smallest absolute Gasteiger partial charge is 0.0412 e. The normalized spacial score (nSPS) is 11.2. The maximum absolute atomic E-state index is 6.30. The highest BCUT2D eigenvalue weighted by molar-refractivity contribution is 6.30. The first kappa shape index (κ1) is 19.8. The third kappa shape index (κ3) is 3.50. The van der Waals surface area contributed by atoms with E-state index in [-0.39, 0.29) is 0 Å². The molecule has 33 heavy (non-hydrogen) atoms. The van der Waals surface area contributed by atoms with Gasteiger partial charge in [-0.25, -0.2) is 0 Å². The zero-order valence-electron chi connectivity index (χ0n) is 18.0. The van der Waals surface area contributed by atoms with E-state index >= 15 is 0 Å². The highest BCUT2D eigenvalue weighted by Gasteiger charge is 2.17. The average Bonchev–Trinajstić information content (AvgIpc) is 2.88. The molecule has 0 amide bonds. The monoisotopic (exact) mass is 440 g/mol. The van der Waals surface area contributed by atoms with Crippen LogP contribution in [0.4, 0.5) is 0 Å². The third-order valence-electron chi connectivity index (χ3n) is 6.30. The van der Waals surface area contributed by atoms with Crippen LogP contribution in [-0.2, 0) is 0 Å². The molecule has 0 nitrogen and oxygen atoms in total. The summed E-state index contributed by atoms with van der Waals surface area (Å²) in [6, 6.07) is 45.1. The molecule has 6 aromatic rings. The number of benzene rings is 6. The van der Waals surface area contributed by atoms with Gasteiger partial charge >= 0.3 is 0 Å². The molecule has 0 aliphatic heterocycles. The van der Waals surface area contributed by atoms with Crippen molar-refractivity contribution in [2.75, 3.05) is 0 Å². The lowest BCUT2D eigenvalue weighted by Crippen LogP contribution is -1.92. The molecule has 6 aromatic carbocycles. The molecule has 0 heterocycles. The minimum absolute atomic E-state index is 0.749. The van der Waals surface area contributed by atoms with Gasteiger partial charge in [0.25, 0.3) is 0 Å². The van der Waals surface area contributed by atoms with Crippen molar-refractivity contribution >= 4 is 33.1 Å². The van der Waals surface area contributed by atoms with E-state index in [0.717, 1.165) is 16.1 Å². The summed E-state index contributed by atoms with van der Waals surface area (Å²) in [5, 5.41) is 5.83. The van der Waals surface area contributed by atoms with Crippen LogP contribution in [0.1, 0.15) is 0 Å². The second-order valence-corrected chi connectivity index (χ2v) is 8.73. The van der Waals surface area contributed by atoms with E-state index in [1.165, 1.54) is 43.8 Å². The van der Waals surface area contributed by atoms with Gasteiger partial charge in [0.2, 0.25) is 0 Å². The van der Waals surface area contributed by atoms with Crippen LogP contribution in [0.15, 0.2) is 127 Å². The molecule has 0 spiro atoms. The maximum atomic E-state index is 6.30. The van der Waals surface area contributed by atoms with Crippen LogP contribution >= 0.6 is 11.6 Å². The summed E-state index contributed by atoms with van der Waals surface area (Å²) in [4.78, 5) is 0. The Morgan fingerprint density at radius 2 is 0.788 bits per heavy atom. The Bertz CT molecular complexity index is 1610. The van der Waals surface area contributed by atoms with Crippen molar-refractivity contribution in [2.45, 2.75) is 0 Å². The number of fused-ring (bicyclic) bond motifs is 3. The summed E-state index contributed by atoms with van der Waals surface area (Å²) in [6.45, 7) is 0. The lowest BCUT2D eigenvalue weighted by atomic mass is 9.84. The second kappa shape index (κ2) is 8.24. The summed E-state index contributed by atoms with van der Waals surface area (Å²) >= 11 is 6.30. The first-order valence-electron chi connectivity index (χ1n) is 11.1. The molecule has 0 aliphatic rings. The van der Waals surface area contributed by atoms with Crippen molar-refractivity contribution in [3.63, 3.8) is 0 Å². The highest BCUT2D eigenvalue weighted by atomic mass is 35.5. The fraction of sp³-hybridized carbons (Fsp3) is 0. The Labute approximate surface area is 198 Å². The topological polar surface area (TPSA) is 0 Å². The Morgan fingerprint density at radius 1 is 0.333 bits per heavy atom. The van der Waals surface area contributed by atoms with Gasteiger partial charge in [0.05, 0.1) is 0 Å². The van der Waals surface area contributed by atoms with E-state index < -0.39 is 0 Å². The predicted octanol–water partition coefficient (Wildman–Crippen LogP) is 9.65. The molecule has 1 heteroatoms. The van der Waals surface area contributed by atoms with Crippen LogP contribution in [0, 0.1) is 0 Å². The summed E-state index contributed by atoms with van der Waals surface area (Å²) in [6.07, 6.45) is 0. The molecule has 0 aliphatic carbocycles. The summed E-state index contributed by atoms with van der Waals surface area (Å²) in [7, 11) is 0. The summed E-state index contributed by atoms with van der Waals surface area (Å²) in [5.41, 5.74) is 7.24. The Hall–Kier alpha value is -3.87. The zero-order valence-corrected chi connectivity index (χ0v) is 18.8. The Balaban J connectivity index is 1.74. The molecule has 0 unspecified atom stereocenters. The molecule has 6 rings (SSSR count).